The molecule has 0 unspecified atom stereocenters. The van der Waals surface area contributed by atoms with Gasteiger partial charge in [-0.15, -0.1) is 11.8 Å². The third-order valence-corrected chi connectivity index (χ3v) is 3.91. The zero-order valence-electron chi connectivity index (χ0n) is 10.6. The van der Waals surface area contributed by atoms with Crippen LogP contribution in [0.1, 0.15) is 19.5 Å². The Morgan fingerprint density at radius 3 is 2.55 bits per heavy atom. The predicted octanol–water partition coefficient (Wildman–Crippen LogP) is 3.31. The Balaban J connectivity index is 2.54. The molecule has 0 saturated carbocycles. The maximum atomic E-state index is 12.8. The number of fused-ring (bicyclic) bond motifs is 1. The van der Waals surface area contributed by atoms with E-state index in [1.165, 1.54) is 32.3 Å². The normalized spacial score (nSPS) is 12.8. The van der Waals surface area contributed by atoms with E-state index in [0.717, 1.165) is 22.2 Å². The predicted molar refractivity (Wildman–Crippen MR) is 67.8 cm³/mol. The summed E-state index contributed by atoms with van der Waals surface area (Å²) in [6, 6.07) is 2.18. The molecule has 0 fully saturated rings. The van der Waals surface area contributed by atoms with Gasteiger partial charge in [0, 0.05) is 12.4 Å². The van der Waals surface area contributed by atoms with Gasteiger partial charge >= 0.3 is 12.1 Å². The van der Waals surface area contributed by atoms with Gasteiger partial charge in [0.2, 0.25) is 0 Å². The molecular weight excluding hydrogens is 293 g/mol. The van der Waals surface area contributed by atoms with Gasteiger partial charge in [-0.1, -0.05) is 0 Å². The number of aliphatic carboxylic acids is 1. The number of halogens is 3. The van der Waals surface area contributed by atoms with E-state index in [1.54, 1.807) is 0 Å². The first-order valence-corrected chi connectivity index (χ1v) is 6.40. The first kappa shape index (κ1) is 14.7. The Labute approximate surface area is 116 Å². The molecule has 0 aliphatic carbocycles. The van der Waals surface area contributed by atoms with Crippen LogP contribution in [-0.4, -0.2) is 25.2 Å². The Kier molecular flexibility index (Phi) is 3.45. The number of alkyl halides is 3. The zero-order chi connectivity index (χ0) is 15.1. The van der Waals surface area contributed by atoms with Crippen molar-refractivity contribution >= 4 is 23.4 Å². The number of rotatable bonds is 3. The quantitative estimate of drug-likeness (QED) is 0.884. The minimum absolute atomic E-state index is 0.0964. The highest BCUT2D eigenvalue weighted by molar-refractivity contribution is 8.01. The van der Waals surface area contributed by atoms with Crippen LogP contribution in [0.5, 0.6) is 0 Å². The van der Waals surface area contributed by atoms with Crippen LogP contribution >= 0.6 is 11.8 Å². The maximum absolute atomic E-state index is 12.8. The van der Waals surface area contributed by atoms with E-state index >= 15 is 0 Å². The van der Waals surface area contributed by atoms with Gasteiger partial charge in [0.25, 0.3) is 0 Å². The molecule has 2 rings (SSSR count). The van der Waals surface area contributed by atoms with Crippen molar-refractivity contribution in [1.29, 1.82) is 0 Å². The zero-order valence-corrected chi connectivity index (χ0v) is 11.4. The van der Waals surface area contributed by atoms with Crippen molar-refractivity contribution in [3.05, 3.63) is 30.2 Å². The van der Waals surface area contributed by atoms with Crippen LogP contribution in [-0.2, 0) is 11.0 Å². The molecule has 1 N–H and O–H groups in total. The van der Waals surface area contributed by atoms with Crippen molar-refractivity contribution in [1.82, 2.24) is 9.38 Å². The highest BCUT2D eigenvalue weighted by Gasteiger charge is 2.35. The second-order valence-electron chi connectivity index (χ2n) is 4.62. The van der Waals surface area contributed by atoms with E-state index in [9.17, 15) is 18.0 Å². The van der Waals surface area contributed by atoms with E-state index < -0.39 is 22.6 Å². The number of nitrogens with zero attached hydrogens (tertiary/aromatic N) is 2. The van der Waals surface area contributed by atoms with Gasteiger partial charge in [-0.3, -0.25) is 9.20 Å². The molecule has 108 valence electrons. The smallest absolute Gasteiger partial charge is 0.431 e. The van der Waals surface area contributed by atoms with Gasteiger partial charge in [0.05, 0.1) is 4.90 Å². The van der Waals surface area contributed by atoms with Crippen LogP contribution < -0.4 is 0 Å². The fourth-order valence-electron chi connectivity index (χ4n) is 1.62. The van der Waals surface area contributed by atoms with Gasteiger partial charge in [-0.2, -0.15) is 13.2 Å². The van der Waals surface area contributed by atoms with Crippen molar-refractivity contribution in [3.63, 3.8) is 0 Å². The molecule has 2 aromatic heterocycles. The molecule has 2 heterocycles. The van der Waals surface area contributed by atoms with Crippen molar-refractivity contribution in [2.24, 2.45) is 0 Å². The fourth-order valence-corrected chi connectivity index (χ4v) is 2.63. The van der Waals surface area contributed by atoms with Crippen LogP contribution in [0.4, 0.5) is 13.2 Å². The number of hydrogen-bond donors (Lipinski definition) is 1. The molecular formula is C12H11F3N2O2S. The Hall–Kier alpha value is -1.70. The standard InChI is InChI=1S/C12H11F3N2O2S/c1-11(2,10(18)19)20-7-3-4-8(12(13,14)15)17-6-5-16-9(7)17/h3-6H,1-2H3,(H,18,19). The summed E-state index contributed by atoms with van der Waals surface area (Å²) in [7, 11) is 0. The van der Waals surface area contributed by atoms with Crippen LogP contribution in [0.2, 0.25) is 0 Å². The summed E-state index contributed by atoms with van der Waals surface area (Å²) in [5.41, 5.74) is -0.748. The van der Waals surface area contributed by atoms with Crippen LogP contribution in [0.3, 0.4) is 0 Å². The van der Waals surface area contributed by atoms with Crippen LogP contribution in [0.15, 0.2) is 29.4 Å². The molecule has 2 aromatic rings. The SMILES string of the molecule is CC(C)(Sc1ccc(C(F)(F)F)n2ccnc12)C(=O)O. The summed E-state index contributed by atoms with van der Waals surface area (Å²) < 4.78 is 38.3. The minimum Gasteiger partial charge on any atom is -0.480 e. The molecule has 0 atom stereocenters. The number of imidazole rings is 1. The second-order valence-corrected chi connectivity index (χ2v) is 6.28. The average Bonchev–Trinajstić information content (AvgIpc) is 2.76. The summed E-state index contributed by atoms with van der Waals surface area (Å²) in [5, 5.41) is 9.08. The molecule has 20 heavy (non-hydrogen) atoms. The van der Waals surface area contributed by atoms with Crippen molar-refractivity contribution < 1.29 is 23.1 Å². The summed E-state index contributed by atoms with van der Waals surface area (Å²) in [5.74, 6) is -1.05. The Morgan fingerprint density at radius 2 is 2.00 bits per heavy atom. The third kappa shape index (κ3) is 2.60. The van der Waals surface area contributed by atoms with Gasteiger partial charge in [0.1, 0.15) is 10.4 Å². The summed E-state index contributed by atoms with van der Waals surface area (Å²) in [4.78, 5) is 15.4. The summed E-state index contributed by atoms with van der Waals surface area (Å²) >= 11 is 0.957. The molecule has 8 heteroatoms. The van der Waals surface area contributed by atoms with Gasteiger partial charge in [-0.05, 0) is 26.0 Å². The van der Waals surface area contributed by atoms with Gasteiger partial charge in [0.15, 0.2) is 5.65 Å². The summed E-state index contributed by atoms with van der Waals surface area (Å²) in [6.07, 6.45) is -2.04. The molecule has 0 radical (unpaired) electrons. The van der Waals surface area contributed by atoms with Crippen molar-refractivity contribution in [2.75, 3.05) is 0 Å². The third-order valence-electron chi connectivity index (χ3n) is 2.68. The van der Waals surface area contributed by atoms with Crippen molar-refractivity contribution in [3.8, 4) is 0 Å². The van der Waals surface area contributed by atoms with E-state index in [0.29, 0.717) is 4.90 Å². The number of carbonyl (C=O) groups is 1. The number of hydrogen-bond acceptors (Lipinski definition) is 3. The molecule has 0 bridgehead atoms. The maximum Gasteiger partial charge on any atom is 0.431 e. The minimum atomic E-state index is -4.50. The monoisotopic (exact) mass is 304 g/mol. The highest BCUT2D eigenvalue weighted by atomic mass is 32.2. The van der Waals surface area contributed by atoms with E-state index in [1.807, 2.05) is 0 Å². The van der Waals surface area contributed by atoms with E-state index in [-0.39, 0.29) is 5.65 Å². The highest BCUT2D eigenvalue weighted by Crippen LogP contribution is 2.37. The lowest BCUT2D eigenvalue weighted by molar-refractivity contribution is -0.142. The Morgan fingerprint density at radius 1 is 1.35 bits per heavy atom. The van der Waals surface area contributed by atoms with Crippen molar-refractivity contribution in [2.45, 2.75) is 29.7 Å². The second kappa shape index (κ2) is 4.69. The molecule has 0 saturated heterocycles. The van der Waals surface area contributed by atoms with Crippen LogP contribution in [0.25, 0.3) is 5.65 Å². The molecule has 0 aromatic carbocycles. The molecule has 0 aliphatic rings. The number of aromatic nitrogens is 2. The van der Waals surface area contributed by atoms with Crippen LogP contribution in [0, 0.1) is 0 Å². The largest absolute Gasteiger partial charge is 0.480 e. The fraction of sp³-hybridized carbons (Fsp3) is 0.333. The number of thioether (sulfide) groups is 1. The van der Waals surface area contributed by atoms with Gasteiger partial charge in [-0.25, -0.2) is 4.98 Å². The Bertz CT molecular complexity index is 664. The topological polar surface area (TPSA) is 54.6 Å². The lowest BCUT2D eigenvalue weighted by atomic mass is 10.2. The van der Waals surface area contributed by atoms with E-state index in [4.69, 9.17) is 5.11 Å². The first-order chi connectivity index (χ1) is 9.13. The molecule has 0 aliphatic heterocycles. The molecule has 4 nitrogen and oxygen atoms in total. The summed E-state index contributed by atoms with van der Waals surface area (Å²) in [6.45, 7) is 2.97. The average molecular weight is 304 g/mol. The first-order valence-electron chi connectivity index (χ1n) is 5.58. The molecule has 0 amide bonds. The number of carboxylic acids is 1. The number of carboxylic acid groups (broad SMARTS) is 1. The number of pyridine rings is 1. The van der Waals surface area contributed by atoms with Gasteiger partial charge < -0.3 is 5.11 Å². The molecule has 0 spiro atoms. The lowest BCUT2D eigenvalue weighted by Crippen LogP contribution is -2.27. The van der Waals surface area contributed by atoms with E-state index in [2.05, 4.69) is 4.98 Å². The lowest BCUT2D eigenvalue weighted by Gasteiger charge is -2.19.